The standard InChI is InChI=1S/C13H20FNO3/c1-17-9-13(16,7-4-8-15)10-5-3-6-11(18-2)12(10)14/h3,5-6,16H,4,7-9,15H2,1-2H3. The lowest BCUT2D eigenvalue weighted by Gasteiger charge is -2.28. The molecule has 102 valence electrons. The number of halogens is 1. The van der Waals surface area contributed by atoms with Crippen molar-refractivity contribution in [2.45, 2.75) is 18.4 Å². The van der Waals surface area contributed by atoms with Gasteiger partial charge in [0.15, 0.2) is 11.6 Å². The van der Waals surface area contributed by atoms with Gasteiger partial charge in [0.1, 0.15) is 5.60 Å². The molecule has 1 aromatic carbocycles. The third-order valence-electron chi connectivity index (χ3n) is 2.86. The Labute approximate surface area is 107 Å². The maximum absolute atomic E-state index is 14.1. The van der Waals surface area contributed by atoms with Crippen molar-refractivity contribution in [1.29, 1.82) is 0 Å². The molecule has 0 bridgehead atoms. The van der Waals surface area contributed by atoms with E-state index in [0.717, 1.165) is 0 Å². The molecule has 5 heteroatoms. The topological polar surface area (TPSA) is 64.7 Å². The summed E-state index contributed by atoms with van der Waals surface area (Å²) in [6, 6.07) is 4.68. The first-order valence-corrected chi connectivity index (χ1v) is 5.83. The van der Waals surface area contributed by atoms with Gasteiger partial charge in [0, 0.05) is 12.7 Å². The Balaban J connectivity index is 3.12. The molecule has 0 amide bonds. The van der Waals surface area contributed by atoms with Crippen molar-refractivity contribution in [1.82, 2.24) is 0 Å². The zero-order chi connectivity index (χ0) is 13.6. The molecule has 1 atom stereocenters. The molecule has 1 aromatic rings. The Hall–Kier alpha value is -1.17. The lowest BCUT2D eigenvalue weighted by atomic mass is 9.89. The van der Waals surface area contributed by atoms with Gasteiger partial charge in [-0.1, -0.05) is 12.1 Å². The normalized spacial score (nSPS) is 14.3. The van der Waals surface area contributed by atoms with Crippen LogP contribution in [0.25, 0.3) is 0 Å². The fourth-order valence-electron chi connectivity index (χ4n) is 1.95. The summed E-state index contributed by atoms with van der Waals surface area (Å²) < 4.78 is 24.0. The highest BCUT2D eigenvalue weighted by Crippen LogP contribution is 2.32. The van der Waals surface area contributed by atoms with Crippen molar-refractivity contribution in [2.24, 2.45) is 5.73 Å². The molecule has 1 unspecified atom stereocenters. The maximum atomic E-state index is 14.1. The van der Waals surface area contributed by atoms with Crippen molar-refractivity contribution in [3.05, 3.63) is 29.6 Å². The van der Waals surface area contributed by atoms with Crippen LogP contribution in [0.3, 0.4) is 0 Å². The highest BCUT2D eigenvalue weighted by Gasteiger charge is 2.32. The molecule has 4 nitrogen and oxygen atoms in total. The summed E-state index contributed by atoms with van der Waals surface area (Å²) in [5, 5.41) is 10.5. The first-order chi connectivity index (χ1) is 8.59. The number of nitrogens with two attached hydrogens (primary N) is 1. The molecular weight excluding hydrogens is 237 g/mol. The second kappa shape index (κ2) is 6.68. The molecule has 0 aliphatic rings. The van der Waals surface area contributed by atoms with Crippen molar-refractivity contribution >= 4 is 0 Å². The summed E-state index contributed by atoms with van der Waals surface area (Å²) in [6.45, 7) is 0.439. The van der Waals surface area contributed by atoms with Gasteiger partial charge in [-0.25, -0.2) is 4.39 Å². The van der Waals surface area contributed by atoms with Crippen LogP contribution in [0.2, 0.25) is 0 Å². The van der Waals surface area contributed by atoms with E-state index in [1.165, 1.54) is 26.4 Å². The van der Waals surface area contributed by atoms with Crippen LogP contribution < -0.4 is 10.5 Å². The van der Waals surface area contributed by atoms with Crippen LogP contribution in [0.15, 0.2) is 18.2 Å². The van der Waals surface area contributed by atoms with Crippen molar-refractivity contribution in [3.8, 4) is 5.75 Å². The molecule has 0 fully saturated rings. The molecule has 0 saturated heterocycles. The highest BCUT2D eigenvalue weighted by molar-refractivity contribution is 5.34. The molecule has 0 spiro atoms. The summed E-state index contributed by atoms with van der Waals surface area (Å²) in [5.41, 5.74) is 4.23. The molecule has 1 rings (SSSR count). The van der Waals surface area contributed by atoms with Gasteiger partial charge in [-0.05, 0) is 25.5 Å². The van der Waals surface area contributed by atoms with Gasteiger partial charge in [-0.3, -0.25) is 0 Å². The van der Waals surface area contributed by atoms with Crippen molar-refractivity contribution < 1.29 is 19.0 Å². The number of ether oxygens (including phenoxy) is 2. The monoisotopic (exact) mass is 257 g/mol. The van der Waals surface area contributed by atoms with E-state index in [9.17, 15) is 9.50 Å². The minimum absolute atomic E-state index is 0.0110. The fourth-order valence-corrected chi connectivity index (χ4v) is 1.95. The quantitative estimate of drug-likeness (QED) is 0.775. The zero-order valence-corrected chi connectivity index (χ0v) is 10.8. The van der Waals surface area contributed by atoms with Gasteiger partial charge < -0.3 is 20.3 Å². The average Bonchev–Trinajstić information content (AvgIpc) is 2.37. The van der Waals surface area contributed by atoms with Crippen molar-refractivity contribution in [3.63, 3.8) is 0 Å². The molecular formula is C13H20FNO3. The minimum Gasteiger partial charge on any atom is -0.494 e. The minimum atomic E-state index is -1.38. The predicted molar refractivity (Wildman–Crippen MR) is 67.0 cm³/mol. The Morgan fingerprint density at radius 3 is 2.67 bits per heavy atom. The molecule has 0 saturated carbocycles. The van der Waals surface area contributed by atoms with E-state index in [1.807, 2.05) is 0 Å². The third kappa shape index (κ3) is 3.19. The van der Waals surface area contributed by atoms with Gasteiger partial charge in [0.2, 0.25) is 0 Å². The van der Waals surface area contributed by atoms with Crippen LogP contribution in [0.1, 0.15) is 18.4 Å². The Morgan fingerprint density at radius 1 is 1.39 bits per heavy atom. The van der Waals surface area contributed by atoms with Crippen LogP contribution in [-0.2, 0) is 10.3 Å². The molecule has 0 heterocycles. The van der Waals surface area contributed by atoms with Crippen LogP contribution in [0, 0.1) is 5.82 Å². The van der Waals surface area contributed by atoms with Gasteiger partial charge in [0.05, 0.1) is 13.7 Å². The Bertz CT molecular complexity index is 386. The summed E-state index contributed by atoms with van der Waals surface area (Å²) in [6.07, 6.45) is 0.915. The van der Waals surface area contributed by atoms with E-state index < -0.39 is 11.4 Å². The zero-order valence-electron chi connectivity index (χ0n) is 10.8. The number of aliphatic hydroxyl groups is 1. The molecule has 0 radical (unpaired) electrons. The van der Waals surface area contributed by atoms with Crippen molar-refractivity contribution in [2.75, 3.05) is 27.4 Å². The first kappa shape index (κ1) is 14.9. The number of hydrogen-bond donors (Lipinski definition) is 2. The van der Waals surface area contributed by atoms with Crippen LogP contribution >= 0.6 is 0 Å². The lowest BCUT2D eigenvalue weighted by Crippen LogP contribution is -2.33. The summed E-state index contributed by atoms with van der Waals surface area (Å²) in [4.78, 5) is 0. The van der Waals surface area contributed by atoms with Gasteiger partial charge in [-0.15, -0.1) is 0 Å². The molecule has 0 aromatic heterocycles. The Kier molecular flexibility index (Phi) is 5.53. The van der Waals surface area contributed by atoms with Gasteiger partial charge in [-0.2, -0.15) is 0 Å². The van der Waals surface area contributed by atoms with E-state index in [2.05, 4.69) is 0 Å². The van der Waals surface area contributed by atoms with Gasteiger partial charge >= 0.3 is 0 Å². The maximum Gasteiger partial charge on any atom is 0.171 e. The number of hydrogen-bond acceptors (Lipinski definition) is 4. The lowest BCUT2D eigenvalue weighted by molar-refractivity contribution is -0.0455. The second-order valence-electron chi connectivity index (χ2n) is 4.18. The van der Waals surface area contributed by atoms with E-state index >= 15 is 0 Å². The molecule has 0 aliphatic carbocycles. The van der Waals surface area contributed by atoms with Crippen LogP contribution in [0.4, 0.5) is 4.39 Å². The fraction of sp³-hybridized carbons (Fsp3) is 0.538. The molecule has 3 N–H and O–H groups in total. The van der Waals surface area contributed by atoms with Crippen LogP contribution in [0.5, 0.6) is 5.75 Å². The van der Waals surface area contributed by atoms with Crippen LogP contribution in [-0.4, -0.2) is 32.5 Å². The SMILES string of the molecule is COCC(O)(CCCN)c1cccc(OC)c1F. The molecule has 0 aliphatic heterocycles. The third-order valence-corrected chi connectivity index (χ3v) is 2.86. The van der Waals surface area contributed by atoms with E-state index in [-0.39, 0.29) is 17.9 Å². The first-order valence-electron chi connectivity index (χ1n) is 5.83. The largest absolute Gasteiger partial charge is 0.494 e. The number of benzene rings is 1. The highest BCUT2D eigenvalue weighted by atomic mass is 19.1. The summed E-state index contributed by atoms with van der Waals surface area (Å²) in [5.74, 6) is -0.452. The van der Waals surface area contributed by atoms with E-state index in [0.29, 0.717) is 19.4 Å². The second-order valence-corrected chi connectivity index (χ2v) is 4.18. The average molecular weight is 257 g/mol. The van der Waals surface area contributed by atoms with E-state index in [4.69, 9.17) is 15.2 Å². The van der Waals surface area contributed by atoms with Gasteiger partial charge in [0.25, 0.3) is 0 Å². The number of methoxy groups -OCH3 is 2. The molecule has 18 heavy (non-hydrogen) atoms. The Morgan fingerprint density at radius 2 is 2.11 bits per heavy atom. The predicted octanol–water partition coefficient (Wildman–Crippen LogP) is 1.41. The summed E-state index contributed by atoms with van der Waals surface area (Å²) >= 11 is 0. The van der Waals surface area contributed by atoms with E-state index in [1.54, 1.807) is 6.07 Å². The number of rotatable bonds is 7. The summed E-state index contributed by atoms with van der Waals surface area (Å²) in [7, 11) is 2.85. The smallest absolute Gasteiger partial charge is 0.171 e.